The minimum atomic E-state index is -0.289. The van der Waals surface area contributed by atoms with E-state index in [-0.39, 0.29) is 17.7 Å². The molecule has 3 heterocycles. The van der Waals surface area contributed by atoms with Crippen molar-refractivity contribution in [2.24, 2.45) is 5.92 Å². The molecule has 0 bridgehead atoms. The van der Waals surface area contributed by atoms with Crippen LogP contribution in [0.1, 0.15) is 29.0 Å². The molecular weight excluding hydrogens is 454 g/mol. The maximum atomic E-state index is 13.5. The van der Waals surface area contributed by atoms with Crippen molar-refractivity contribution < 1.29 is 14.0 Å². The topological polar surface area (TPSA) is 102 Å². The van der Waals surface area contributed by atoms with Crippen molar-refractivity contribution in [1.29, 1.82) is 0 Å². The van der Waals surface area contributed by atoms with Gasteiger partial charge in [0.2, 0.25) is 5.91 Å². The van der Waals surface area contributed by atoms with Crippen LogP contribution in [-0.4, -0.2) is 26.6 Å². The van der Waals surface area contributed by atoms with Crippen LogP contribution in [-0.2, 0) is 11.3 Å². The Morgan fingerprint density at radius 1 is 0.944 bits per heavy atom. The van der Waals surface area contributed by atoms with E-state index in [0.717, 1.165) is 24.2 Å². The van der Waals surface area contributed by atoms with Crippen LogP contribution in [0.15, 0.2) is 89.7 Å². The van der Waals surface area contributed by atoms with E-state index in [0.29, 0.717) is 40.2 Å². The van der Waals surface area contributed by atoms with Crippen LogP contribution < -0.4 is 10.6 Å². The summed E-state index contributed by atoms with van der Waals surface area (Å²) in [5.41, 5.74) is 3.84. The lowest BCUT2D eigenvalue weighted by Gasteiger charge is -2.11. The average molecular weight is 478 g/mol. The first kappa shape index (κ1) is 21.8. The van der Waals surface area contributed by atoms with E-state index in [1.807, 2.05) is 48.5 Å². The molecule has 0 spiro atoms. The van der Waals surface area contributed by atoms with Crippen molar-refractivity contribution in [2.75, 3.05) is 10.6 Å². The van der Waals surface area contributed by atoms with Crippen LogP contribution in [0.2, 0.25) is 0 Å². The summed E-state index contributed by atoms with van der Waals surface area (Å²) < 4.78 is 7.21. The van der Waals surface area contributed by atoms with Gasteiger partial charge in [-0.05, 0) is 49.2 Å². The third-order valence-corrected chi connectivity index (χ3v) is 6.15. The largest absolute Gasteiger partial charge is 0.467 e. The minimum Gasteiger partial charge on any atom is -0.467 e. The fourth-order valence-electron chi connectivity index (χ4n) is 4.12. The number of aromatic nitrogens is 3. The zero-order chi connectivity index (χ0) is 24.5. The molecule has 3 aromatic heterocycles. The molecule has 2 aromatic carbocycles. The first-order chi connectivity index (χ1) is 17.6. The number of rotatable bonds is 7. The van der Waals surface area contributed by atoms with Crippen molar-refractivity contribution in [3.8, 4) is 11.3 Å². The highest BCUT2D eigenvalue weighted by atomic mass is 16.3. The number of anilines is 2. The molecule has 0 unspecified atom stereocenters. The highest BCUT2D eigenvalue weighted by Crippen LogP contribution is 2.31. The van der Waals surface area contributed by atoms with Gasteiger partial charge in [0.05, 0.1) is 29.1 Å². The Kier molecular flexibility index (Phi) is 5.53. The van der Waals surface area contributed by atoms with E-state index in [1.54, 1.807) is 41.4 Å². The van der Waals surface area contributed by atoms with Gasteiger partial charge in [-0.1, -0.05) is 36.4 Å². The van der Waals surface area contributed by atoms with E-state index < -0.39 is 0 Å². The fourth-order valence-corrected chi connectivity index (χ4v) is 4.12. The molecule has 5 aromatic rings. The van der Waals surface area contributed by atoms with Crippen LogP contribution in [0.4, 0.5) is 11.4 Å². The maximum absolute atomic E-state index is 13.5. The number of furan rings is 1. The lowest BCUT2D eigenvalue weighted by Crippen LogP contribution is -2.15. The quantitative estimate of drug-likeness (QED) is 0.329. The van der Waals surface area contributed by atoms with Gasteiger partial charge in [-0.25, -0.2) is 9.67 Å². The molecule has 2 N–H and O–H groups in total. The normalized spacial score (nSPS) is 13.0. The van der Waals surface area contributed by atoms with Gasteiger partial charge in [0, 0.05) is 22.9 Å². The van der Waals surface area contributed by atoms with Crippen molar-refractivity contribution in [1.82, 2.24) is 14.8 Å². The van der Waals surface area contributed by atoms with E-state index in [4.69, 9.17) is 9.40 Å². The number of hydrogen-bond donors (Lipinski definition) is 2. The fraction of sp³-hybridized carbons (Fsp3) is 0.143. The molecule has 0 atom stereocenters. The first-order valence-corrected chi connectivity index (χ1v) is 11.8. The molecular formula is C28H23N5O3. The van der Waals surface area contributed by atoms with E-state index in [1.165, 1.54) is 0 Å². The number of hydrogen-bond acceptors (Lipinski definition) is 5. The summed E-state index contributed by atoms with van der Waals surface area (Å²) in [5, 5.41) is 11.0. The summed E-state index contributed by atoms with van der Waals surface area (Å²) in [6, 6.07) is 22.4. The monoisotopic (exact) mass is 477 g/mol. The summed E-state index contributed by atoms with van der Waals surface area (Å²) in [5.74, 6) is 0.569. The van der Waals surface area contributed by atoms with E-state index in [2.05, 4.69) is 15.7 Å². The molecule has 178 valence electrons. The zero-order valence-corrected chi connectivity index (χ0v) is 19.3. The number of benzene rings is 2. The minimum absolute atomic E-state index is 0.0193. The third kappa shape index (κ3) is 4.48. The highest BCUT2D eigenvalue weighted by Gasteiger charge is 2.29. The van der Waals surface area contributed by atoms with Crippen molar-refractivity contribution in [3.05, 3.63) is 96.6 Å². The Bertz CT molecular complexity index is 1550. The number of carbonyl (C=O) groups is 2. The Balaban J connectivity index is 1.35. The van der Waals surface area contributed by atoms with Gasteiger partial charge in [-0.15, -0.1) is 0 Å². The van der Waals surface area contributed by atoms with Crippen LogP contribution >= 0.6 is 0 Å². The van der Waals surface area contributed by atoms with Gasteiger partial charge < -0.3 is 15.1 Å². The first-order valence-electron chi connectivity index (χ1n) is 11.8. The van der Waals surface area contributed by atoms with Crippen LogP contribution in [0, 0.1) is 5.92 Å². The zero-order valence-electron chi connectivity index (χ0n) is 19.3. The molecule has 0 saturated heterocycles. The third-order valence-electron chi connectivity index (χ3n) is 6.15. The second kappa shape index (κ2) is 9.14. The van der Waals surface area contributed by atoms with Gasteiger partial charge >= 0.3 is 0 Å². The summed E-state index contributed by atoms with van der Waals surface area (Å²) in [6.45, 7) is 0.394. The molecule has 8 nitrogen and oxygen atoms in total. The molecule has 1 aliphatic rings. The Hall–Kier alpha value is -4.72. The lowest BCUT2D eigenvalue weighted by atomic mass is 10.1. The molecule has 0 radical (unpaired) electrons. The predicted molar refractivity (Wildman–Crippen MR) is 137 cm³/mol. The number of carbonyl (C=O) groups excluding carboxylic acids is 2. The summed E-state index contributed by atoms with van der Waals surface area (Å²) in [6.07, 6.45) is 5.13. The standard InChI is InChI=1S/C28H23N5O3/c34-27(19-11-12-19)30-20-8-4-9-21(14-20)31-28(35)23-15-25(18-6-2-1-3-7-18)32-26-24(23)16-29-33(26)17-22-10-5-13-36-22/h1-10,13-16,19H,11-12,17H2,(H,30,34)(H,31,35). The molecule has 2 amide bonds. The second-order valence-electron chi connectivity index (χ2n) is 8.84. The summed E-state index contributed by atoms with van der Waals surface area (Å²) in [4.78, 5) is 30.5. The molecule has 6 rings (SSSR count). The molecule has 1 saturated carbocycles. The van der Waals surface area contributed by atoms with Crippen molar-refractivity contribution in [2.45, 2.75) is 19.4 Å². The van der Waals surface area contributed by atoms with Gasteiger partial charge in [0.1, 0.15) is 12.3 Å². The van der Waals surface area contributed by atoms with Crippen molar-refractivity contribution >= 4 is 34.2 Å². The smallest absolute Gasteiger partial charge is 0.256 e. The number of amides is 2. The van der Waals surface area contributed by atoms with Gasteiger partial charge in [-0.2, -0.15) is 5.10 Å². The number of nitrogens with one attached hydrogen (secondary N) is 2. The second-order valence-corrected chi connectivity index (χ2v) is 8.84. The number of fused-ring (bicyclic) bond motifs is 1. The lowest BCUT2D eigenvalue weighted by molar-refractivity contribution is -0.117. The Labute approximate surface area is 207 Å². The van der Waals surface area contributed by atoms with Crippen LogP contribution in [0.3, 0.4) is 0 Å². The number of pyridine rings is 1. The van der Waals surface area contributed by atoms with Gasteiger partial charge in [0.15, 0.2) is 5.65 Å². The molecule has 8 heteroatoms. The van der Waals surface area contributed by atoms with E-state index in [9.17, 15) is 9.59 Å². The van der Waals surface area contributed by atoms with Crippen LogP contribution in [0.25, 0.3) is 22.3 Å². The highest BCUT2D eigenvalue weighted by molar-refractivity contribution is 6.12. The Morgan fingerprint density at radius 2 is 1.75 bits per heavy atom. The molecule has 1 fully saturated rings. The molecule has 0 aliphatic heterocycles. The van der Waals surface area contributed by atoms with E-state index >= 15 is 0 Å². The Morgan fingerprint density at radius 3 is 2.50 bits per heavy atom. The van der Waals surface area contributed by atoms with Crippen LogP contribution in [0.5, 0.6) is 0 Å². The van der Waals surface area contributed by atoms with Gasteiger partial charge in [-0.3, -0.25) is 9.59 Å². The predicted octanol–water partition coefficient (Wildman–Crippen LogP) is 5.34. The maximum Gasteiger partial charge on any atom is 0.256 e. The van der Waals surface area contributed by atoms with Crippen molar-refractivity contribution in [3.63, 3.8) is 0 Å². The molecule has 1 aliphatic carbocycles. The molecule has 36 heavy (non-hydrogen) atoms. The average Bonchev–Trinajstić information content (AvgIpc) is 3.49. The summed E-state index contributed by atoms with van der Waals surface area (Å²) >= 11 is 0. The number of nitrogens with zero attached hydrogens (tertiary/aromatic N) is 3. The summed E-state index contributed by atoms with van der Waals surface area (Å²) in [7, 11) is 0. The van der Waals surface area contributed by atoms with Gasteiger partial charge in [0.25, 0.3) is 5.91 Å². The SMILES string of the molecule is O=C(Nc1cccc(NC(=O)C2CC2)c1)c1cc(-c2ccccc2)nc2c1cnn2Cc1ccco1.